The number of methoxy groups -OCH3 is 4. The Balaban J connectivity index is 2.64. The normalized spacial score (nSPS) is 11.1. The molecular weight excluding hydrogens is 308 g/mol. The van der Waals surface area contributed by atoms with Crippen LogP contribution in [0.5, 0.6) is 23.0 Å². The van der Waals surface area contributed by atoms with E-state index in [1.54, 1.807) is 40.6 Å². The highest BCUT2D eigenvalue weighted by atomic mass is 16.5. The Labute approximate surface area is 141 Å². The third kappa shape index (κ3) is 3.17. The van der Waals surface area contributed by atoms with Crippen LogP contribution in [0.15, 0.2) is 36.5 Å². The first kappa shape index (κ1) is 17.3. The lowest BCUT2D eigenvalue weighted by molar-refractivity contribution is 0.324. The average Bonchev–Trinajstić information content (AvgIpc) is 2.62. The number of rotatable bonds is 6. The molecule has 0 radical (unpaired) electrons. The predicted molar refractivity (Wildman–Crippen MR) is 94.8 cm³/mol. The molecule has 4 N–H and O–H groups in total. The number of nitrogen functional groups attached to an aromatic ring is 1. The fourth-order valence-corrected chi connectivity index (χ4v) is 2.47. The van der Waals surface area contributed by atoms with E-state index >= 15 is 0 Å². The number of hydrogen-bond donors (Lipinski definition) is 2. The second-order valence-corrected chi connectivity index (χ2v) is 4.95. The third-order valence-electron chi connectivity index (χ3n) is 3.69. The summed E-state index contributed by atoms with van der Waals surface area (Å²) in [6.45, 7) is 0. The zero-order valence-electron chi connectivity index (χ0n) is 14.3. The molecule has 0 spiro atoms. The van der Waals surface area contributed by atoms with Gasteiger partial charge >= 0.3 is 0 Å². The molecule has 0 fully saturated rings. The standard InChI is InChI=1S/C18H22N2O4/c1-21-12-5-6-15(20)13(9-12)14(10-19)11-7-16(22-2)18(24-4)17(8-11)23-3/h5-10H,19-20H2,1-4H3/b14-10+. The van der Waals surface area contributed by atoms with Crippen LogP contribution in [-0.2, 0) is 0 Å². The third-order valence-corrected chi connectivity index (χ3v) is 3.69. The summed E-state index contributed by atoms with van der Waals surface area (Å²) in [5.41, 5.74) is 14.8. The van der Waals surface area contributed by atoms with Crippen LogP contribution < -0.4 is 30.4 Å². The molecule has 0 aliphatic heterocycles. The molecule has 24 heavy (non-hydrogen) atoms. The molecule has 2 rings (SSSR count). The molecule has 2 aromatic rings. The number of benzene rings is 2. The van der Waals surface area contributed by atoms with E-state index in [4.69, 9.17) is 30.4 Å². The van der Waals surface area contributed by atoms with Gasteiger partial charge in [0.1, 0.15) is 5.75 Å². The van der Waals surface area contributed by atoms with Gasteiger partial charge in [-0.25, -0.2) is 0 Å². The molecule has 2 aromatic carbocycles. The smallest absolute Gasteiger partial charge is 0.203 e. The van der Waals surface area contributed by atoms with Gasteiger partial charge in [0.2, 0.25) is 5.75 Å². The zero-order valence-corrected chi connectivity index (χ0v) is 14.3. The number of ether oxygens (including phenoxy) is 4. The molecule has 0 aliphatic carbocycles. The first-order valence-corrected chi connectivity index (χ1v) is 7.25. The molecule has 128 valence electrons. The summed E-state index contributed by atoms with van der Waals surface area (Å²) >= 11 is 0. The van der Waals surface area contributed by atoms with Crippen molar-refractivity contribution in [3.05, 3.63) is 47.7 Å². The van der Waals surface area contributed by atoms with Crippen molar-refractivity contribution in [1.82, 2.24) is 0 Å². The van der Waals surface area contributed by atoms with Crippen molar-refractivity contribution in [2.45, 2.75) is 0 Å². The van der Waals surface area contributed by atoms with Gasteiger partial charge in [-0.2, -0.15) is 0 Å². The number of hydrogen-bond acceptors (Lipinski definition) is 6. The van der Waals surface area contributed by atoms with Crippen LogP contribution in [0.2, 0.25) is 0 Å². The summed E-state index contributed by atoms with van der Waals surface area (Å²) in [6, 6.07) is 9.03. The molecular formula is C18H22N2O4. The lowest BCUT2D eigenvalue weighted by Crippen LogP contribution is -2.01. The van der Waals surface area contributed by atoms with E-state index in [1.165, 1.54) is 6.20 Å². The minimum atomic E-state index is 0.513. The van der Waals surface area contributed by atoms with E-state index in [-0.39, 0.29) is 0 Å². The molecule has 0 amide bonds. The highest BCUT2D eigenvalue weighted by Gasteiger charge is 2.17. The number of nitrogens with two attached hydrogens (primary N) is 2. The molecule has 0 unspecified atom stereocenters. The summed E-state index contributed by atoms with van der Waals surface area (Å²) in [4.78, 5) is 0. The van der Waals surface area contributed by atoms with Crippen LogP contribution in [0, 0.1) is 0 Å². The molecule has 6 heteroatoms. The largest absolute Gasteiger partial charge is 0.497 e. The Morgan fingerprint density at radius 1 is 0.875 bits per heavy atom. The minimum absolute atomic E-state index is 0.513. The van der Waals surface area contributed by atoms with Crippen molar-refractivity contribution in [1.29, 1.82) is 0 Å². The summed E-state index contributed by atoms with van der Waals surface area (Å²) in [6.07, 6.45) is 1.49. The summed E-state index contributed by atoms with van der Waals surface area (Å²) < 4.78 is 21.4. The van der Waals surface area contributed by atoms with Crippen molar-refractivity contribution >= 4 is 11.3 Å². The molecule has 0 saturated carbocycles. The highest BCUT2D eigenvalue weighted by Crippen LogP contribution is 2.41. The number of anilines is 1. The minimum Gasteiger partial charge on any atom is -0.497 e. The molecule has 0 aromatic heterocycles. The van der Waals surface area contributed by atoms with Crippen molar-refractivity contribution in [2.75, 3.05) is 34.2 Å². The second-order valence-electron chi connectivity index (χ2n) is 4.95. The highest BCUT2D eigenvalue weighted by molar-refractivity contribution is 5.87. The lowest BCUT2D eigenvalue weighted by Gasteiger charge is -2.17. The summed E-state index contributed by atoms with van der Waals surface area (Å²) in [5, 5.41) is 0. The zero-order chi connectivity index (χ0) is 17.7. The maximum absolute atomic E-state index is 6.12. The van der Waals surface area contributed by atoms with Gasteiger partial charge in [0.25, 0.3) is 0 Å². The Morgan fingerprint density at radius 2 is 1.50 bits per heavy atom. The Kier molecular flexibility index (Phi) is 5.42. The Bertz CT molecular complexity index is 732. The van der Waals surface area contributed by atoms with Crippen LogP contribution in [0.3, 0.4) is 0 Å². The van der Waals surface area contributed by atoms with Gasteiger partial charge in [-0.3, -0.25) is 0 Å². The molecule has 0 heterocycles. The van der Waals surface area contributed by atoms with E-state index in [1.807, 2.05) is 18.2 Å². The van der Waals surface area contributed by atoms with E-state index in [0.29, 0.717) is 28.7 Å². The monoisotopic (exact) mass is 330 g/mol. The van der Waals surface area contributed by atoms with Crippen molar-refractivity contribution in [2.24, 2.45) is 5.73 Å². The lowest BCUT2D eigenvalue weighted by atomic mass is 9.96. The molecule has 0 bridgehead atoms. The van der Waals surface area contributed by atoms with E-state index in [9.17, 15) is 0 Å². The van der Waals surface area contributed by atoms with Gasteiger partial charge in [-0.05, 0) is 35.9 Å². The van der Waals surface area contributed by atoms with Gasteiger partial charge in [0.15, 0.2) is 11.5 Å². The first-order valence-electron chi connectivity index (χ1n) is 7.25. The summed E-state index contributed by atoms with van der Waals surface area (Å²) in [7, 11) is 6.28. The Hall–Kier alpha value is -3.02. The Morgan fingerprint density at radius 3 is 1.96 bits per heavy atom. The van der Waals surface area contributed by atoms with Gasteiger partial charge in [-0.1, -0.05) is 0 Å². The second kappa shape index (κ2) is 7.50. The van der Waals surface area contributed by atoms with Gasteiger partial charge in [0, 0.05) is 23.0 Å². The maximum atomic E-state index is 6.12. The van der Waals surface area contributed by atoms with E-state index in [0.717, 1.165) is 16.7 Å². The quantitative estimate of drug-likeness (QED) is 0.792. The fourth-order valence-electron chi connectivity index (χ4n) is 2.47. The molecule has 0 saturated heterocycles. The van der Waals surface area contributed by atoms with E-state index in [2.05, 4.69) is 0 Å². The van der Waals surface area contributed by atoms with Crippen LogP contribution in [0.1, 0.15) is 11.1 Å². The van der Waals surface area contributed by atoms with Gasteiger partial charge in [0.05, 0.1) is 28.4 Å². The molecule has 0 aliphatic rings. The van der Waals surface area contributed by atoms with Gasteiger partial charge < -0.3 is 30.4 Å². The van der Waals surface area contributed by atoms with Crippen LogP contribution in [0.25, 0.3) is 5.57 Å². The van der Waals surface area contributed by atoms with Crippen LogP contribution in [0.4, 0.5) is 5.69 Å². The van der Waals surface area contributed by atoms with E-state index < -0.39 is 0 Å². The van der Waals surface area contributed by atoms with Crippen LogP contribution >= 0.6 is 0 Å². The average molecular weight is 330 g/mol. The predicted octanol–water partition coefficient (Wildman–Crippen LogP) is 2.65. The van der Waals surface area contributed by atoms with Crippen molar-refractivity contribution < 1.29 is 18.9 Å². The summed E-state index contributed by atoms with van der Waals surface area (Å²) in [5.74, 6) is 2.27. The topological polar surface area (TPSA) is 89.0 Å². The fraction of sp³-hybridized carbons (Fsp3) is 0.222. The first-order chi connectivity index (χ1) is 11.6. The molecule has 0 atom stereocenters. The van der Waals surface area contributed by atoms with Crippen LogP contribution in [-0.4, -0.2) is 28.4 Å². The molecule has 6 nitrogen and oxygen atoms in total. The van der Waals surface area contributed by atoms with Crippen molar-refractivity contribution in [3.8, 4) is 23.0 Å². The maximum Gasteiger partial charge on any atom is 0.203 e. The SMILES string of the molecule is COc1ccc(N)c(/C(=C/N)c2cc(OC)c(OC)c(OC)c2)c1. The van der Waals surface area contributed by atoms with Gasteiger partial charge in [-0.15, -0.1) is 0 Å². The van der Waals surface area contributed by atoms with Crippen molar-refractivity contribution in [3.63, 3.8) is 0 Å².